The van der Waals surface area contributed by atoms with Gasteiger partial charge in [-0.3, -0.25) is 4.79 Å². The Kier molecular flexibility index (Phi) is 16.4. The number of thioether (sulfide) groups is 1. The highest BCUT2D eigenvalue weighted by Crippen LogP contribution is 2.36. The third-order valence-electron chi connectivity index (χ3n) is 3.96. The molecule has 0 spiro atoms. The predicted octanol–water partition coefficient (Wildman–Crippen LogP) is 2.69. The van der Waals surface area contributed by atoms with Crippen molar-refractivity contribution in [1.82, 2.24) is 0 Å². The van der Waals surface area contributed by atoms with E-state index in [1.54, 1.807) is 33.1 Å². The number of halogens is 6. The maximum atomic E-state index is 11.6. The van der Waals surface area contributed by atoms with Gasteiger partial charge in [0, 0.05) is 33.1 Å². The van der Waals surface area contributed by atoms with E-state index in [0.717, 1.165) is 39.1 Å². The SMILES string of the molecule is CO[Si](CCCSCCC(=O)OCC[N+](C)(C)C)(OC)OC.O=S(=O)([N-]S(=O)(=O)C(F)(F)F)C(F)(F)F. The molecule has 0 radical (unpaired) electrons. The molecule has 0 aliphatic rings. The van der Waals surface area contributed by atoms with E-state index in [4.69, 9.17) is 18.0 Å². The Balaban J connectivity index is 0. The summed E-state index contributed by atoms with van der Waals surface area (Å²) in [7, 11) is -4.78. The molecular formula is C16H32F6N2O9S3Si. The molecule has 0 amide bonds. The topological polar surface area (TPSA) is 136 Å². The van der Waals surface area contributed by atoms with E-state index in [-0.39, 0.29) is 5.97 Å². The Morgan fingerprint density at radius 1 is 0.865 bits per heavy atom. The van der Waals surface area contributed by atoms with Crippen LogP contribution in [-0.4, -0.2) is 114 Å². The van der Waals surface area contributed by atoms with Crippen LogP contribution in [0.1, 0.15) is 12.8 Å². The van der Waals surface area contributed by atoms with E-state index in [1.165, 1.54) is 0 Å². The monoisotopic (exact) mass is 634 g/mol. The second kappa shape index (κ2) is 15.8. The number of rotatable bonds is 15. The van der Waals surface area contributed by atoms with Crippen molar-refractivity contribution in [3.8, 4) is 0 Å². The first-order valence-corrected chi connectivity index (χ1v) is 16.0. The average Bonchev–Trinajstić information content (AvgIpc) is 2.71. The molecule has 0 atom stereocenters. The van der Waals surface area contributed by atoms with Gasteiger partial charge in [-0.25, -0.2) is 16.8 Å². The van der Waals surface area contributed by atoms with E-state index in [0.29, 0.717) is 13.0 Å². The summed E-state index contributed by atoms with van der Waals surface area (Å²) in [4.78, 5) is 11.6. The van der Waals surface area contributed by atoms with Gasteiger partial charge in [0.15, 0.2) is 20.0 Å². The van der Waals surface area contributed by atoms with Gasteiger partial charge in [-0.05, 0) is 12.2 Å². The van der Waals surface area contributed by atoms with Gasteiger partial charge in [-0.1, -0.05) is 0 Å². The maximum Gasteiger partial charge on any atom is 0.500 e. The fraction of sp³-hybridized carbons (Fsp3) is 0.938. The van der Waals surface area contributed by atoms with Crippen LogP contribution in [0, 0.1) is 0 Å². The van der Waals surface area contributed by atoms with E-state index in [2.05, 4.69) is 21.1 Å². The van der Waals surface area contributed by atoms with Gasteiger partial charge in [0.1, 0.15) is 13.2 Å². The molecule has 21 heteroatoms. The number of esters is 1. The summed E-state index contributed by atoms with van der Waals surface area (Å²) in [6, 6.07) is 0.789. The summed E-state index contributed by atoms with van der Waals surface area (Å²) in [6.45, 7) is 1.31. The van der Waals surface area contributed by atoms with Crippen molar-refractivity contribution in [1.29, 1.82) is 0 Å². The van der Waals surface area contributed by atoms with Gasteiger partial charge < -0.3 is 26.6 Å². The van der Waals surface area contributed by atoms with E-state index in [1.807, 2.05) is 0 Å². The Bertz CT molecular complexity index is 841. The number of quaternary nitrogens is 1. The minimum atomic E-state index is -6.72. The number of hydrogen-bond donors (Lipinski definition) is 0. The Hall–Kier alpha value is -0.683. The average molecular weight is 635 g/mol. The molecule has 224 valence electrons. The summed E-state index contributed by atoms with van der Waals surface area (Å²) in [5, 5.41) is 0. The number of ether oxygens (including phenoxy) is 1. The Morgan fingerprint density at radius 3 is 1.65 bits per heavy atom. The Labute approximate surface area is 218 Å². The Morgan fingerprint density at radius 2 is 1.30 bits per heavy atom. The third-order valence-corrected chi connectivity index (χ3v) is 10.6. The van der Waals surface area contributed by atoms with Crippen molar-refractivity contribution >= 4 is 46.6 Å². The van der Waals surface area contributed by atoms with Gasteiger partial charge in [0.25, 0.3) is 0 Å². The van der Waals surface area contributed by atoms with Crippen LogP contribution in [0.2, 0.25) is 6.04 Å². The molecule has 0 unspecified atom stereocenters. The molecule has 0 saturated carbocycles. The first-order valence-electron chi connectivity index (χ1n) is 10.1. The van der Waals surface area contributed by atoms with E-state index in [9.17, 15) is 48.0 Å². The highest BCUT2D eigenvalue weighted by molar-refractivity contribution is 8.13. The first kappa shape index (κ1) is 38.5. The lowest BCUT2D eigenvalue weighted by Crippen LogP contribution is -2.42. The fourth-order valence-corrected chi connectivity index (χ4v) is 6.48. The molecule has 0 fully saturated rings. The largest absolute Gasteiger partial charge is 0.500 e. The zero-order valence-corrected chi connectivity index (χ0v) is 24.5. The molecule has 0 aromatic rings. The predicted molar refractivity (Wildman–Crippen MR) is 125 cm³/mol. The summed E-state index contributed by atoms with van der Waals surface area (Å²) in [5.41, 5.74) is -12.4. The fourth-order valence-electron chi connectivity index (χ4n) is 1.92. The van der Waals surface area contributed by atoms with Crippen LogP contribution in [0.25, 0.3) is 4.13 Å². The zero-order valence-electron chi connectivity index (χ0n) is 21.0. The molecule has 0 aliphatic carbocycles. The van der Waals surface area contributed by atoms with Crippen LogP contribution >= 0.6 is 11.8 Å². The molecule has 0 aromatic heterocycles. The number of carbonyl (C=O) groups excluding carboxylic acids is 1. The molecular weight excluding hydrogens is 602 g/mol. The number of hydrogen-bond acceptors (Lipinski definition) is 10. The molecule has 0 aromatic carbocycles. The van der Waals surface area contributed by atoms with Crippen molar-refractivity contribution in [3.05, 3.63) is 4.13 Å². The lowest BCUT2D eigenvalue weighted by molar-refractivity contribution is -0.870. The standard InChI is InChI=1S/C14H32NO5SSi.C2F6NO4S2/c1-15(2,3)9-10-20-14(16)8-12-21-11-7-13-22(17-4,18-5)19-6;3-1(4,5)14(10,11)9-15(12,13)2(6,7)8/h7-13H2,1-6H3;/q+1;-1. The lowest BCUT2D eigenvalue weighted by Gasteiger charge is -2.24. The summed E-state index contributed by atoms with van der Waals surface area (Å²) in [5.74, 6) is 1.62. The normalized spacial score (nSPS) is 13.6. The molecule has 0 aliphatic heterocycles. The first-order chi connectivity index (χ1) is 16.5. The van der Waals surface area contributed by atoms with Crippen molar-refractivity contribution < 1.29 is 70.5 Å². The molecule has 0 rings (SSSR count). The van der Waals surface area contributed by atoms with Crippen molar-refractivity contribution in [2.24, 2.45) is 0 Å². The molecule has 37 heavy (non-hydrogen) atoms. The van der Waals surface area contributed by atoms with Crippen LogP contribution in [-0.2, 0) is 42.9 Å². The van der Waals surface area contributed by atoms with Gasteiger partial charge in [-0.2, -0.15) is 38.1 Å². The van der Waals surface area contributed by atoms with Gasteiger partial charge in [-0.15, -0.1) is 0 Å². The van der Waals surface area contributed by atoms with Crippen molar-refractivity contribution in [3.63, 3.8) is 0 Å². The third kappa shape index (κ3) is 16.1. The molecule has 0 bridgehead atoms. The van der Waals surface area contributed by atoms with Crippen LogP contribution in [0.15, 0.2) is 0 Å². The van der Waals surface area contributed by atoms with Crippen LogP contribution in [0.3, 0.4) is 0 Å². The minimum absolute atomic E-state index is 0.115. The van der Waals surface area contributed by atoms with Crippen LogP contribution < -0.4 is 0 Å². The van der Waals surface area contributed by atoms with Gasteiger partial charge in [0.05, 0.1) is 27.6 Å². The van der Waals surface area contributed by atoms with Crippen molar-refractivity contribution in [2.75, 3.05) is 67.1 Å². The van der Waals surface area contributed by atoms with E-state index >= 15 is 0 Å². The van der Waals surface area contributed by atoms with Gasteiger partial charge in [0.2, 0.25) is 0 Å². The smallest absolute Gasteiger partial charge is 0.460 e. The highest BCUT2D eigenvalue weighted by atomic mass is 32.3. The summed E-state index contributed by atoms with van der Waals surface area (Å²) in [6.07, 6.45) is 1.41. The number of alkyl halides is 6. The maximum absolute atomic E-state index is 11.6. The highest BCUT2D eigenvalue weighted by Gasteiger charge is 2.47. The van der Waals surface area contributed by atoms with Gasteiger partial charge >= 0.3 is 25.8 Å². The van der Waals surface area contributed by atoms with E-state index < -0.39 is 39.9 Å². The number of sulfonamides is 2. The van der Waals surface area contributed by atoms with Crippen LogP contribution in [0.4, 0.5) is 26.3 Å². The zero-order chi connectivity index (χ0) is 29.8. The summed E-state index contributed by atoms with van der Waals surface area (Å²) < 4.78 is 131. The quantitative estimate of drug-likeness (QED) is 0.0870. The molecule has 0 heterocycles. The summed E-state index contributed by atoms with van der Waals surface area (Å²) >= 11 is 1.74. The lowest BCUT2D eigenvalue weighted by atomic mass is 10.5. The molecule has 0 saturated heterocycles. The number of nitrogens with zero attached hydrogens (tertiary/aromatic N) is 2. The van der Waals surface area contributed by atoms with Crippen LogP contribution in [0.5, 0.6) is 0 Å². The van der Waals surface area contributed by atoms with Crippen molar-refractivity contribution in [2.45, 2.75) is 29.9 Å². The number of likely N-dealkylation sites (N-methyl/N-ethyl adjacent to an activating group) is 1. The number of carbonyl (C=O) groups is 1. The second-order valence-electron chi connectivity index (χ2n) is 7.91. The molecule has 11 nitrogen and oxygen atoms in total. The second-order valence-corrected chi connectivity index (χ2v) is 15.6. The molecule has 0 N–H and O–H groups in total. The minimum Gasteiger partial charge on any atom is -0.460 e.